The molecule has 0 spiro atoms. The average molecular weight is 333 g/mol. The van der Waals surface area contributed by atoms with Crippen molar-refractivity contribution in [3.8, 4) is 0 Å². The largest absolute Gasteiger partial charge is 0.480 e. The van der Waals surface area contributed by atoms with E-state index >= 15 is 0 Å². The monoisotopic (exact) mass is 333 g/mol. The van der Waals surface area contributed by atoms with Crippen LogP contribution in [-0.4, -0.2) is 36.2 Å². The molecule has 0 heterocycles. The third kappa shape index (κ3) is 5.06. The molecule has 3 unspecified atom stereocenters. The summed E-state index contributed by atoms with van der Waals surface area (Å²) in [6, 6.07) is 7.38. The standard InChI is InChI=1S/C19H27NO4/c1-13(24-2)10-11-18(21)20-17(19(22)23)12-15-8-5-7-14-6-3-4-9-16(14)15/h3-4,6,9,13,15,17H,5,7-8,10-12H2,1-2H3,(H,20,21)(H,22,23). The van der Waals surface area contributed by atoms with E-state index in [0.717, 1.165) is 19.3 Å². The van der Waals surface area contributed by atoms with Crippen molar-refractivity contribution in [2.75, 3.05) is 7.11 Å². The summed E-state index contributed by atoms with van der Waals surface area (Å²) >= 11 is 0. The van der Waals surface area contributed by atoms with Crippen LogP contribution in [0.4, 0.5) is 0 Å². The van der Waals surface area contributed by atoms with Gasteiger partial charge in [0.15, 0.2) is 0 Å². The third-order valence-corrected chi connectivity index (χ3v) is 4.83. The van der Waals surface area contributed by atoms with Crippen molar-refractivity contribution in [2.45, 2.75) is 63.5 Å². The number of carbonyl (C=O) groups is 2. The first-order valence-electron chi connectivity index (χ1n) is 8.64. The van der Waals surface area contributed by atoms with Gasteiger partial charge in [-0.3, -0.25) is 4.79 Å². The van der Waals surface area contributed by atoms with Crippen LogP contribution in [0, 0.1) is 0 Å². The number of aliphatic carboxylic acids is 1. The zero-order chi connectivity index (χ0) is 17.5. The van der Waals surface area contributed by atoms with E-state index in [2.05, 4.69) is 17.4 Å². The lowest BCUT2D eigenvalue weighted by Crippen LogP contribution is -2.42. The lowest BCUT2D eigenvalue weighted by molar-refractivity contribution is -0.142. The highest BCUT2D eigenvalue weighted by molar-refractivity contribution is 5.83. The number of hydrogen-bond donors (Lipinski definition) is 2. The maximum absolute atomic E-state index is 12.0. The van der Waals surface area contributed by atoms with Gasteiger partial charge in [-0.25, -0.2) is 4.79 Å². The van der Waals surface area contributed by atoms with Gasteiger partial charge in [0, 0.05) is 13.5 Å². The van der Waals surface area contributed by atoms with Crippen molar-refractivity contribution >= 4 is 11.9 Å². The van der Waals surface area contributed by atoms with E-state index in [0.29, 0.717) is 12.8 Å². The molecule has 0 fully saturated rings. The number of ether oxygens (including phenoxy) is 1. The molecular weight excluding hydrogens is 306 g/mol. The zero-order valence-corrected chi connectivity index (χ0v) is 14.5. The summed E-state index contributed by atoms with van der Waals surface area (Å²) in [5, 5.41) is 12.2. The van der Waals surface area contributed by atoms with E-state index < -0.39 is 12.0 Å². The molecule has 0 aliphatic heterocycles. The van der Waals surface area contributed by atoms with E-state index in [1.807, 2.05) is 19.1 Å². The minimum atomic E-state index is -0.966. The van der Waals surface area contributed by atoms with Crippen molar-refractivity contribution in [1.29, 1.82) is 0 Å². The second-order valence-corrected chi connectivity index (χ2v) is 6.57. The summed E-state index contributed by atoms with van der Waals surface area (Å²) in [6.45, 7) is 1.89. The van der Waals surface area contributed by atoms with Crippen LogP contribution < -0.4 is 5.32 Å². The van der Waals surface area contributed by atoms with Crippen LogP contribution in [0.1, 0.15) is 56.1 Å². The van der Waals surface area contributed by atoms with Gasteiger partial charge in [-0.2, -0.15) is 0 Å². The Morgan fingerprint density at radius 3 is 2.83 bits per heavy atom. The Labute approximate surface area is 143 Å². The molecule has 5 nitrogen and oxygen atoms in total. The molecule has 0 saturated carbocycles. The van der Waals surface area contributed by atoms with Gasteiger partial charge in [-0.1, -0.05) is 24.3 Å². The number of nitrogens with one attached hydrogen (secondary N) is 1. The maximum Gasteiger partial charge on any atom is 0.326 e. The van der Waals surface area contributed by atoms with Crippen LogP contribution in [0.2, 0.25) is 0 Å². The third-order valence-electron chi connectivity index (χ3n) is 4.83. The zero-order valence-electron chi connectivity index (χ0n) is 14.5. The average Bonchev–Trinajstić information content (AvgIpc) is 2.59. The van der Waals surface area contributed by atoms with Gasteiger partial charge in [-0.15, -0.1) is 0 Å². The second kappa shape index (κ2) is 8.83. The minimum Gasteiger partial charge on any atom is -0.480 e. The molecule has 132 valence electrons. The maximum atomic E-state index is 12.0. The Balaban J connectivity index is 1.97. The number of aryl methyl sites for hydroxylation is 1. The van der Waals surface area contributed by atoms with Gasteiger partial charge in [-0.05, 0) is 56.1 Å². The Bertz CT molecular complexity index is 572. The molecule has 5 heteroatoms. The fourth-order valence-corrected chi connectivity index (χ4v) is 3.32. The highest BCUT2D eigenvalue weighted by Gasteiger charge is 2.28. The number of carboxylic acid groups (broad SMARTS) is 1. The van der Waals surface area contributed by atoms with E-state index in [-0.39, 0.29) is 24.3 Å². The van der Waals surface area contributed by atoms with Crippen LogP contribution >= 0.6 is 0 Å². The molecule has 2 rings (SSSR count). The van der Waals surface area contributed by atoms with Crippen molar-refractivity contribution < 1.29 is 19.4 Å². The molecule has 2 N–H and O–H groups in total. The number of fused-ring (bicyclic) bond motifs is 1. The predicted octanol–water partition coefficient (Wildman–Crippen LogP) is 2.88. The lowest BCUT2D eigenvalue weighted by Gasteiger charge is -2.28. The fraction of sp³-hybridized carbons (Fsp3) is 0.579. The van der Waals surface area contributed by atoms with Crippen molar-refractivity contribution in [3.63, 3.8) is 0 Å². The highest BCUT2D eigenvalue weighted by atomic mass is 16.5. The molecule has 0 bridgehead atoms. The molecule has 1 aliphatic carbocycles. The van der Waals surface area contributed by atoms with E-state index in [1.165, 1.54) is 11.1 Å². The number of benzene rings is 1. The minimum absolute atomic E-state index is 0.00995. The lowest BCUT2D eigenvalue weighted by atomic mass is 9.79. The number of amides is 1. The van der Waals surface area contributed by atoms with Crippen molar-refractivity contribution in [1.82, 2.24) is 5.32 Å². The normalized spacial score (nSPS) is 19.2. The summed E-state index contributed by atoms with van der Waals surface area (Å²) in [6.07, 6.45) is 4.37. The molecule has 1 aromatic rings. The van der Waals surface area contributed by atoms with Crippen LogP contribution in [0.5, 0.6) is 0 Å². The first kappa shape index (κ1) is 18.5. The smallest absolute Gasteiger partial charge is 0.326 e. The number of rotatable bonds is 8. The summed E-state index contributed by atoms with van der Waals surface area (Å²) < 4.78 is 5.12. The molecule has 0 radical (unpaired) electrons. The van der Waals surface area contributed by atoms with Gasteiger partial charge >= 0.3 is 5.97 Å². The Morgan fingerprint density at radius 2 is 2.12 bits per heavy atom. The fourth-order valence-electron chi connectivity index (χ4n) is 3.32. The quantitative estimate of drug-likeness (QED) is 0.767. The van der Waals surface area contributed by atoms with E-state index in [1.54, 1.807) is 7.11 Å². The molecule has 1 amide bonds. The summed E-state index contributed by atoms with van der Waals surface area (Å²) in [7, 11) is 1.60. The van der Waals surface area contributed by atoms with Crippen LogP contribution in [0.15, 0.2) is 24.3 Å². The molecule has 24 heavy (non-hydrogen) atoms. The van der Waals surface area contributed by atoms with Crippen molar-refractivity contribution in [3.05, 3.63) is 35.4 Å². The Kier molecular flexibility index (Phi) is 6.79. The first-order valence-corrected chi connectivity index (χ1v) is 8.64. The topological polar surface area (TPSA) is 75.6 Å². The summed E-state index contributed by atoms with van der Waals surface area (Å²) in [5.41, 5.74) is 2.54. The van der Waals surface area contributed by atoms with Crippen LogP contribution in [0.25, 0.3) is 0 Å². The van der Waals surface area contributed by atoms with E-state index in [9.17, 15) is 14.7 Å². The van der Waals surface area contributed by atoms with Gasteiger partial charge in [0.1, 0.15) is 6.04 Å². The van der Waals surface area contributed by atoms with Gasteiger partial charge in [0.05, 0.1) is 6.10 Å². The van der Waals surface area contributed by atoms with Crippen molar-refractivity contribution in [2.24, 2.45) is 0 Å². The second-order valence-electron chi connectivity index (χ2n) is 6.57. The molecular formula is C19H27NO4. The number of methoxy groups -OCH3 is 1. The number of carboxylic acids is 1. The van der Waals surface area contributed by atoms with E-state index in [4.69, 9.17) is 4.74 Å². The molecule has 3 atom stereocenters. The number of hydrogen-bond acceptors (Lipinski definition) is 3. The van der Waals surface area contributed by atoms with Gasteiger partial charge in [0.2, 0.25) is 5.91 Å². The van der Waals surface area contributed by atoms with Gasteiger partial charge < -0.3 is 15.2 Å². The molecule has 1 aliphatic rings. The van der Waals surface area contributed by atoms with Crippen LogP contribution in [-0.2, 0) is 20.7 Å². The predicted molar refractivity (Wildman–Crippen MR) is 92.0 cm³/mol. The highest BCUT2D eigenvalue weighted by Crippen LogP contribution is 2.34. The molecule has 0 aromatic heterocycles. The molecule has 1 aromatic carbocycles. The summed E-state index contributed by atoms with van der Waals surface area (Å²) in [4.78, 5) is 23.6. The molecule has 0 saturated heterocycles. The Hall–Kier alpha value is -1.88. The number of carbonyl (C=O) groups excluding carboxylic acids is 1. The van der Waals surface area contributed by atoms with Crippen LogP contribution in [0.3, 0.4) is 0 Å². The van der Waals surface area contributed by atoms with Gasteiger partial charge in [0.25, 0.3) is 0 Å². The first-order chi connectivity index (χ1) is 11.5. The summed E-state index contributed by atoms with van der Waals surface area (Å²) in [5.74, 6) is -1.00. The Morgan fingerprint density at radius 1 is 1.38 bits per heavy atom. The SMILES string of the molecule is COC(C)CCC(=O)NC(CC1CCCc2ccccc21)C(=O)O.